The molecule has 2 rings (SSSR count). The molecule has 0 heterocycles. The van der Waals surface area contributed by atoms with E-state index >= 15 is 0 Å². The molecule has 0 spiro atoms. The Balaban J connectivity index is 1.94. The molecule has 0 aliphatic rings. The number of nitrogens with one attached hydrogen (secondary N) is 2. The van der Waals surface area contributed by atoms with Gasteiger partial charge in [-0.2, -0.15) is 0 Å². The van der Waals surface area contributed by atoms with Crippen LogP contribution in [0.4, 0.5) is 11.4 Å². The fourth-order valence-electron chi connectivity index (χ4n) is 1.70. The van der Waals surface area contributed by atoms with Crippen LogP contribution in [-0.4, -0.2) is 12.5 Å². The molecule has 0 atom stereocenters. The maximum atomic E-state index is 11.9. The Kier molecular flexibility index (Phi) is 4.88. The molecule has 2 N–H and O–H groups in total. The molecule has 0 unspecified atom stereocenters. The number of hydrogen-bond acceptors (Lipinski definition) is 2. The maximum Gasteiger partial charge on any atom is 0.243 e. The second-order valence-electron chi connectivity index (χ2n) is 4.37. The van der Waals surface area contributed by atoms with E-state index in [-0.39, 0.29) is 12.5 Å². The van der Waals surface area contributed by atoms with E-state index in [4.69, 9.17) is 23.2 Å². The number of anilines is 2. The molecule has 3 nitrogen and oxygen atoms in total. The normalized spacial score (nSPS) is 10.2. The second-order valence-corrected chi connectivity index (χ2v) is 5.24. The molecular formula is C15H14Cl2N2O. The molecule has 0 saturated heterocycles. The van der Waals surface area contributed by atoms with Gasteiger partial charge in [-0.05, 0) is 42.8 Å². The largest absolute Gasteiger partial charge is 0.376 e. The summed E-state index contributed by atoms with van der Waals surface area (Å²) in [6.07, 6.45) is 0. The molecule has 0 fully saturated rings. The molecule has 0 aromatic heterocycles. The number of carbonyl (C=O) groups is 1. The second kappa shape index (κ2) is 6.64. The van der Waals surface area contributed by atoms with Crippen LogP contribution in [0.1, 0.15) is 5.56 Å². The van der Waals surface area contributed by atoms with E-state index in [2.05, 4.69) is 10.6 Å². The van der Waals surface area contributed by atoms with E-state index < -0.39 is 0 Å². The highest BCUT2D eigenvalue weighted by atomic mass is 35.5. The van der Waals surface area contributed by atoms with Gasteiger partial charge in [0.2, 0.25) is 5.91 Å². The van der Waals surface area contributed by atoms with Crippen LogP contribution in [0, 0.1) is 6.92 Å². The summed E-state index contributed by atoms with van der Waals surface area (Å²) >= 11 is 11.8. The third kappa shape index (κ3) is 4.15. The fourth-order valence-corrected chi connectivity index (χ4v) is 2.07. The zero-order valence-electron chi connectivity index (χ0n) is 10.9. The van der Waals surface area contributed by atoms with Gasteiger partial charge in [0, 0.05) is 21.4 Å². The average Bonchev–Trinajstić information content (AvgIpc) is 2.41. The van der Waals surface area contributed by atoms with Crippen LogP contribution < -0.4 is 10.6 Å². The number of carbonyl (C=O) groups excluding carboxylic acids is 1. The summed E-state index contributed by atoms with van der Waals surface area (Å²) in [4.78, 5) is 11.9. The predicted octanol–water partition coefficient (Wildman–Crippen LogP) is 4.35. The van der Waals surface area contributed by atoms with Crippen molar-refractivity contribution in [2.24, 2.45) is 0 Å². The fraction of sp³-hybridized carbons (Fsp3) is 0.133. The van der Waals surface area contributed by atoms with Gasteiger partial charge in [0.05, 0.1) is 6.54 Å². The first-order chi connectivity index (χ1) is 9.54. The molecule has 0 radical (unpaired) electrons. The van der Waals surface area contributed by atoms with Crippen LogP contribution in [0.3, 0.4) is 0 Å². The molecule has 104 valence electrons. The first-order valence-electron chi connectivity index (χ1n) is 6.10. The molecule has 20 heavy (non-hydrogen) atoms. The van der Waals surface area contributed by atoms with E-state index in [1.165, 1.54) is 0 Å². The zero-order valence-corrected chi connectivity index (χ0v) is 12.4. The first-order valence-corrected chi connectivity index (χ1v) is 6.85. The lowest BCUT2D eigenvalue weighted by Gasteiger charge is -2.10. The molecule has 2 aromatic rings. The van der Waals surface area contributed by atoms with E-state index in [0.717, 1.165) is 16.9 Å². The third-order valence-corrected chi connectivity index (χ3v) is 3.22. The molecule has 0 aliphatic heterocycles. The monoisotopic (exact) mass is 308 g/mol. The summed E-state index contributed by atoms with van der Waals surface area (Å²) < 4.78 is 0. The number of aryl methyl sites for hydroxylation is 1. The van der Waals surface area contributed by atoms with Crippen molar-refractivity contribution in [3.63, 3.8) is 0 Å². The summed E-state index contributed by atoms with van der Waals surface area (Å²) in [6, 6.07) is 12.6. The number of rotatable bonds is 4. The van der Waals surface area contributed by atoms with Crippen molar-refractivity contribution in [2.75, 3.05) is 17.2 Å². The average molecular weight is 309 g/mol. The molecule has 0 aliphatic carbocycles. The van der Waals surface area contributed by atoms with Crippen LogP contribution in [0.5, 0.6) is 0 Å². The van der Waals surface area contributed by atoms with Crippen LogP contribution in [0.15, 0.2) is 42.5 Å². The van der Waals surface area contributed by atoms with Crippen molar-refractivity contribution in [1.29, 1.82) is 0 Å². The lowest BCUT2D eigenvalue weighted by Crippen LogP contribution is -2.22. The molecule has 0 bridgehead atoms. The SMILES string of the molecule is Cc1ccc(Cl)cc1NC(=O)CNc1cccc(Cl)c1. The maximum absolute atomic E-state index is 11.9. The highest BCUT2D eigenvalue weighted by Crippen LogP contribution is 2.20. The van der Waals surface area contributed by atoms with Crippen LogP contribution in [-0.2, 0) is 4.79 Å². The van der Waals surface area contributed by atoms with Gasteiger partial charge in [-0.3, -0.25) is 4.79 Å². The minimum atomic E-state index is -0.143. The minimum absolute atomic E-state index is 0.143. The van der Waals surface area contributed by atoms with Crippen molar-refractivity contribution in [3.8, 4) is 0 Å². The lowest BCUT2D eigenvalue weighted by atomic mass is 10.2. The Morgan fingerprint density at radius 3 is 2.60 bits per heavy atom. The van der Waals surface area contributed by atoms with Gasteiger partial charge in [-0.1, -0.05) is 35.3 Å². The van der Waals surface area contributed by atoms with Crippen molar-refractivity contribution in [3.05, 3.63) is 58.1 Å². The van der Waals surface area contributed by atoms with Gasteiger partial charge >= 0.3 is 0 Å². The van der Waals surface area contributed by atoms with Gasteiger partial charge < -0.3 is 10.6 Å². The molecule has 0 saturated carbocycles. The standard InChI is InChI=1S/C15H14Cl2N2O/c1-10-5-6-12(17)8-14(10)19-15(20)9-18-13-4-2-3-11(16)7-13/h2-8,18H,9H2,1H3,(H,19,20). The van der Waals surface area contributed by atoms with Gasteiger partial charge in [-0.15, -0.1) is 0 Å². The predicted molar refractivity (Wildman–Crippen MR) is 84.8 cm³/mol. The van der Waals surface area contributed by atoms with Gasteiger partial charge in [-0.25, -0.2) is 0 Å². The number of hydrogen-bond donors (Lipinski definition) is 2. The van der Waals surface area contributed by atoms with Crippen LogP contribution in [0.25, 0.3) is 0 Å². The summed E-state index contributed by atoms with van der Waals surface area (Å²) in [5.74, 6) is -0.143. The highest BCUT2D eigenvalue weighted by Gasteiger charge is 2.05. The van der Waals surface area contributed by atoms with Crippen LogP contribution >= 0.6 is 23.2 Å². The lowest BCUT2D eigenvalue weighted by molar-refractivity contribution is -0.114. The summed E-state index contributed by atoms with van der Waals surface area (Å²) in [6.45, 7) is 2.07. The van der Waals surface area contributed by atoms with E-state index in [1.807, 2.05) is 25.1 Å². The zero-order chi connectivity index (χ0) is 14.5. The van der Waals surface area contributed by atoms with E-state index in [9.17, 15) is 4.79 Å². The topological polar surface area (TPSA) is 41.1 Å². The first kappa shape index (κ1) is 14.7. The quantitative estimate of drug-likeness (QED) is 0.881. The molecule has 2 aromatic carbocycles. The number of halogens is 2. The van der Waals surface area contributed by atoms with Gasteiger partial charge in [0.15, 0.2) is 0 Å². The summed E-state index contributed by atoms with van der Waals surface area (Å²) in [5.41, 5.74) is 2.48. The Labute approximate surface area is 127 Å². The molecule has 1 amide bonds. The summed E-state index contributed by atoms with van der Waals surface area (Å²) in [7, 11) is 0. The molecular weight excluding hydrogens is 295 g/mol. The minimum Gasteiger partial charge on any atom is -0.376 e. The Morgan fingerprint density at radius 1 is 1.10 bits per heavy atom. The Morgan fingerprint density at radius 2 is 1.85 bits per heavy atom. The summed E-state index contributed by atoms with van der Waals surface area (Å²) in [5, 5.41) is 7.04. The molecule has 5 heteroatoms. The van der Waals surface area contributed by atoms with E-state index in [1.54, 1.807) is 24.3 Å². The van der Waals surface area contributed by atoms with Gasteiger partial charge in [0.25, 0.3) is 0 Å². The smallest absolute Gasteiger partial charge is 0.243 e. The van der Waals surface area contributed by atoms with E-state index in [0.29, 0.717) is 10.0 Å². The Hall–Kier alpha value is -1.71. The number of amides is 1. The van der Waals surface area contributed by atoms with Crippen LogP contribution in [0.2, 0.25) is 10.0 Å². The van der Waals surface area contributed by atoms with Crippen molar-refractivity contribution in [1.82, 2.24) is 0 Å². The van der Waals surface area contributed by atoms with Crippen molar-refractivity contribution < 1.29 is 4.79 Å². The van der Waals surface area contributed by atoms with Crippen molar-refractivity contribution in [2.45, 2.75) is 6.92 Å². The van der Waals surface area contributed by atoms with Gasteiger partial charge in [0.1, 0.15) is 0 Å². The number of benzene rings is 2. The highest BCUT2D eigenvalue weighted by molar-refractivity contribution is 6.31. The Bertz CT molecular complexity index is 629. The van der Waals surface area contributed by atoms with Crippen molar-refractivity contribution >= 4 is 40.5 Å². The third-order valence-electron chi connectivity index (χ3n) is 2.75.